The number of benzene rings is 1. The maximum atomic E-state index is 12.1. The molecule has 1 unspecified atom stereocenters. The van der Waals surface area contributed by atoms with Gasteiger partial charge in [-0.15, -0.1) is 0 Å². The molecule has 4 nitrogen and oxygen atoms in total. The van der Waals surface area contributed by atoms with Crippen molar-refractivity contribution in [3.8, 4) is 0 Å². The molecule has 1 aliphatic rings. The van der Waals surface area contributed by atoms with Crippen LogP contribution in [0.15, 0.2) is 66.3 Å². The van der Waals surface area contributed by atoms with Gasteiger partial charge in [-0.25, -0.2) is 9.59 Å². The highest BCUT2D eigenvalue weighted by Crippen LogP contribution is 2.30. The molecule has 34 heavy (non-hydrogen) atoms. The topological polar surface area (TPSA) is 52.6 Å². The first kappa shape index (κ1) is 27.7. The minimum absolute atomic E-state index is 0.152. The van der Waals surface area contributed by atoms with Gasteiger partial charge in [0.15, 0.2) is 0 Å². The molecule has 0 fully saturated rings. The Morgan fingerprint density at radius 1 is 1.06 bits per heavy atom. The van der Waals surface area contributed by atoms with Crippen LogP contribution in [0.1, 0.15) is 69.9 Å². The van der Waals surface area contributed by atoms with E-state index < -0.39 is 11.9 Å². The number of carbonyl (C=O) groups is 2. The summed E-state index contributed by atoms with van der Waals surface area (Å²) in [6, 6.07) is 8.91. The van der Waals surface area contributed by atoms with Crippen LogP contribution in [0.3, 0.4) is 0 Å². The van der Waals surface area contributed by atoms with Gasteiger partial charge >= 0.3 is 11.9 Å². The lowest BCUT2D eigenvalue weighted by Gasteiger charge is -2.22. The number of allylic oxidation sites excluding steroid dienone is 3. The van der Waals surface area contributed by atoms with E-state index in [1.165, 1.54) is 41.5 Å². The molecule has 0 spiro atoms. The predicted molar refractivity (Wildman–Crippen MR) is 143 cm³/mol. The van der Waals surface area contributed by atoms with Crippen LogP contribution in [0.5, 0.6) is 0 Å². The van der Waals surface area contributed by atoms with Crippen molar-refractivity contribution >= 4 is 30.1 Å². The molecule has 5 heteroatoms. The fourth-order valence-electron chi connectivity index (χ4n) is 3.75. The van der Waals surface area contributed by atoms with Gasteiger partial charge in [-0.05, 0) is 49.3 Å². The van der Waals surface area contributed by atoms with Crippen molar-refractivity contribution < 1.29 is 19.1 Å². The monoisotopic (exact) mass is 482 g/mol. The van der Waals surface area contributed by atoms with Crippen LogP contribution in [0.2, 0.25) is 0 Å². The zero-order chi connectivity index (χ0) is 24.9. The number of hydrogen-bond donors (Lipinski definition) is 1. The van der Waals surface area contributed by atoms with Crippen LogP contribution in [0.25, 0.3) is 5.57 Å². The van der Waals surface area contributed by atoms with E-state index in [-0.39, 0.29) is 18.5 Å². The summed E-state index contributed by atoms with van der Waals surface area (Å²) in [6.07, 6.45) is 11.7. The molecule has 1 aliphatic carbocycles. The summed E-state index contributed by atoms with van der Waals surface area (Å²) in [6.45, 7) is 11.3. The zero-order valence-electron chi connectivity index (χ0n) is 20.6. The Bertz CT molecular complexity index is 924. The molecule has 0 saturated carbocycles. The first-order valence-corrected chi connectivity index (χ1v) is 12.8. The van der Waals surface area contributed by atoms with Crippen molar-refractivity contribution in [3.05, 3.63) is 77.4 Å². The second-order valence-corrected chi connectivity index (χ2v) is 9.19. The van der Waals surface area contributed by atoms with Gasteiger partial charge in [0.05, 0.1) is 6.61 Å². The maximum absolute atomic E-state index is 12.1. The van der Waals surface area contributed by atoms with Crippen molar-refractivity contribution in [1.82, 2.24) is 0 Å². The van der Waals surface area contributed by atoms with Gasteiger partial charge in [0.25, 0.3) is 0 Å². The standard InChI is InChI=1S/C29H38O4S/c1-5-6-7-8-23-9-13-25(14-10-23)26-15-11-24(12-16-26)19-27(33-28(30)21(2)3)17-18-32-29(31)22(4)20-34/h9-11,13-15,27,34H,2,4-8,12,16-20H2,1,3H3. The predicted octanol–water partition coefficient (Wildman–Crippen LogP) is 6.82. The molecule has 0 radical (unpaired) electrons. The normalized spacial score (nSPS) is 14.0. The fourth-order valence-corrected chi connectivity index (χ4v) is 3.88. The highest BCUT2D eigenvalue weighted by atomic mass is 32.1. The molecular weight excluding hydrogens is 444 g/mol. The molecule has 0 N–H and O–H groups in total. The number of hydrogen-bond acceptors (Lipinski definition) is 5. The molecule has 1 aromatic rings. The van der Waals surface area contributed by atoms with Gasteiger partial charge in [-0.1, -0.05) is 74.9 Å². The SMILES string of the molecule is C=C(C)C(=O)OC(CCOC(=O)C(=C)CS)CC1=CC=C(c2ccc(CCCCC)cc2)CC1. The van der Waals surface area contributed by atoms with Crippen molar-refractivity contribution in [3.63, 3.8) is 0 Å². The number of rotatable bonds is 14. The largest absolute Gasteiger partial charge is 0.462 e. The molecular formula is C29H38O4S. The quantitative estimate of drug-likeness (QED) is 0.137. The minimum atomic E-state index is -0.471. The molecule has 0 saturated heterocycles. The van der Waals surface area contributed by atoms with Gasteiger partial charge in [0.2, 0.25) is 0 Å². The van der Waals surface area contributed by atoms with Crippen LogP contribution in [-0.4, -0.2) is 30.4 Å². The van der Waals surface area contributed by atoms with E-state index >= 15 is 0 Å². The van der Waals surface area contributed by atoms with Gasteiger partial charge < -0.3 is 9.47 Å². The van der Waals surface area contributed by atoms with Crippen LogP contribution in [-0.2, 0) is 25.5 Å². The summed E-state index contributed by atoms with van der Waals surface area (Å²) >= 11 is 4.04. The molecule has 184 valence electrons. The highest BCUT2D eigenvalue weighted by molar-refractivity contribution is 7.80. The van der Waals surface area contributed by atoms with Crippen molar-refractivity contribution in [2.45, 2.75) is 71.3 Å². The summed E-state index contributed by atoms with van der Waals surface area (Å²) in [5, 5.41) is 0. The number of unbranched alkanes of at least 4 members (excludes halogenated alkanes) is 2. The zero-order valence-corrected chi connectivity index (χ0v) is 21.5. The van der Waals surface area contributed by atoms with Crippen molar-refractivity contribution in [2.75, 3.05) is 12.4 Å². The molecule has 0 amide bonds. The number of esters is 2. The molecule has 0 aromatic heterocycles. The van der Waals surface area contributed by atoms with Crippen molar-refractivity contribution in [1.29, 1.82) is 0 Å². The molecule has 2 rings (SSSR count). The lowest BCUT2D eigenvalue weighted by Crippen LogP contribution is -2.22. The number of aryl methyl sites for hydroxylation is 1. The Morgan fingerprint density at radius 2 is 1.79 bits per heavy atom. The fraction of sp³-hybridized carbons (Fsp3) is 0.448. The van der Waals surface area contributed by atoms with Crippen molar-refractivity contribution in [2.24, 2.45) is 0 Å². The Labute approximate surface area is 210 Å². The summed E-state index contributed by atoms with van der Waals surface area (Å²) < 4.78 is 10.9. The summed E-state index contributed by atoms with van der Waals surface area (Å²) in [7, 11) is 0. The molecule has 1 atom stereocenters. The highest BCUT2D eigenvalue weighted by Gasteiger charge is 2.19. The van der Waals surface area contributed by atoms with Gasteiger partial charge in [-0.3, -0.25) is 0 Å². The van der Waals surface area contributed by atoms with E-state index in [0.717, 1.165) is 19.3 Å². The van der Waals surface area contributed by atoms with Gasteiger partial charge in [0, 0.05) is 29.7 Å². The van der Waals surface area contributed by atoms with E-state index in [0.29, 0.717) is 24.0 Å². The molecule has 0 heterocycles. The summed E-state index contributed by atoms with van der Waals surface area (Å²) in [4.78, 5) is 23.9. The van der Waals surface area contributed by atoms with Gasteiger partial charge in [0.1, 0.15) is 6.10 Å². The summed E-state index contributed by atoms with van der Waals surface area (Å²) in [5.74, 6) is -0.653. The van der Waals surface area contributed by atoms with E-state index in [9.17, 15) is 9.59 Å². The third-order valence-electron chi connectivity index (χ3n) is 5.89. The number of thiol groups is 1. The summed E-state index contributed by atoms with van der Waals surface area (Å²) in [5.41, 5.74) is 5.84. The average Bonchev–Trinajstić information content (AvgIpc) is 2.84. The Morgan fingerprint density at radius 3 is 2.38 bits per heavy atom. The van der Waals surface area contributed by atoms with E-state index in [2.05, 4.69) is 69.1 Å². The minimum Gasteiger partial charge on any atom is -0.462 e. The van der Waals surface area contributed by atoms with Crippen LogP contribution >= 0.6 is 12.6 Å². The Balaban J connectivity index is 1.98. The maximum Gasteiger partial charge on any atom is 0.334 e. The molecule has 0 bridgehead atoms. The van der Waals surface area contributed by atoms with E-state index in [1.54, 1.807) is 6.92 Å². The Kier molecular flexibility index (Phi) is 12.0. The smallest absolute Gasteiger partial charge is 0.334 e. The van der Waals surface area contributed by atoms with E-state index in [1.807, 2.05) is 0 Å². The molecule has 1 aromatic carbocycles. The molecule has 0 aliphatic heterocycles. The number of carbonyl (C=O) groups excluding carboxylic acids is 2. The second-order valence-electron chi connectivity index (χ2n) is 8.87. The second kappa shape index (κ2) is 14.7. The number of ether oxygens (including phenoxy) is 2. The van der Waals surface area contributed by atoms with E-state index in [4.69, 9.17) is 9.47 Å². The third-order valence-corrected chi connectivity index (χ3v) is 6.28. The lowest BCUT2D eigenvalue weighted by atomic mass is 9.90. The van der Waals surface area contributed by atoms with Gasteiger partial charge in [-0.2, -0.15) is 12.6 Å². The van der Waals surface area contributed by atoms with Crippen LogP contribution in [0.4, 0.5) is 0 Å². The average molecular weight is 483 g/mol. The lowest BCUT2D eigenvalue weighted by molar-refractivity contribution is -0.146. The first-order chi connectivity index (χ1) is 16.3. The van der Waals surface area contributed by atoms with Crippen LogP contribution in [0, 0.1) is 0 Å². The first-order valence-electron chi connectivity index (χ1n) is 12.1. The van der Waals surface area contributed by atoms with Crippen LogP contribution < -0.4 is 0 Å². The Hall–Kier alpha value is -2.53. The third kappa shape index (κ3) is 9.38.